The van der Waals surface area contributed by atoms with Gasteiger partial charge in [0.25, 0.3) is 5.91 Å². The fraction of sp³-hybridized carbons (Fsp3) is 0.412. The van der Waals surface area contributed by atoms with Gasteiger partial charge in [-0.3, -0.25) is 9.59 Å². The highest BCUT2D eigenvalue weighted by atomic mass is 16.5. The lowest BCUT2D eigenvalue weighted by molar-refractivity contribution is -0.141. The van der Waals surface area contributed by atoms with Crippen molar-refractivity contribution in [3.8, 4) is 0 Å². The average Bonchev–Trinajstić information content (AvgIpc) is 2.83. The number of amides is 1. The van der Waals surface area contributed by atoms with Gasteiger partial charge in [-0.15, -0.1) is 0 Å². The second kappa shape index (κ2) is 5.16. The predicted molar refractivity (Wildman–Crippen MR) is 84.1 cm³/mol. The number of hydrogen-bond donors (Lipinski definition) is 0. The highest BCUT2D eigenvalue weighted by Gasteiger charge is 2.31. The molecule has 1 aromatic heterocycles. The van der Waals surface area contributed by atoms with Crippen LogP contribution in [-0.2, 0) is 22.5 Å². The molecule has 5 nitrogen and oxygen atoms in total. The van der Waals surface area contributed by atoms with Crippen LogP contribution in [0.4, 0.5) is 0 Å². The number of methoxy groups -OCH3 is 1. The fourth-order valence-corrected chi connectivity index (χ4v) is 3.32. The molecular weight excluding hydrogens is 280 g/mol. The quantitative estimate of drug-likeness (QED) is 0.798. The second-order valence-corrected chi connectivity index (χ2v) is 5.89. The summed E-state index contributed by atoms with van der Waals surface area (Å²) in [5.74, 6) is -0.373. The number of hydrogen-bond acceptors (Lipinski definition) is 3. The van der Waals surface area contributed by atoms with Crippen LogP contribution in [0, 0.1) is 13.8 Å². The molecule has 1 amide bonds. The Labute approximate surface area is 129 Å². The number of rotatable bonds is 2. The minimum Gasteiger partial charge on any atom is -0.468 e. The lowest BCUT2D eigenvalue weighted by Crippen LogP contribution is -2.36. The Morgan fingerprint density at radius 1 is 1.27 bits per heavy atom. The highest BCUT2D eigenvalue weighted by molar-refractivity contribution is 6.05. The van der Waals surface area contributed by atoms with Gasteiger partial charge in [-0.1, -0.05) is 12.1 Å². The Kier molecular flexibility index (Phi) is 3.43. The number of ether oxygens (including phenoxy) is 1. The zero-order chi connectivity index (χ0) is 16.0. The zero-order valence-corrected chi connectivity index (χ0v) is 13.4. The molecular formula is C17H20N2O3. The van der Waals surface area contributed by atoms with Crippen molar-refractivity contribution < 1.29 is 14.3 Å². The van der Waals surface area contributed by atoms with Gasteiger partial charge in [-0.2, -0.15) is 0 Å². The van der Waals surface area contributed by atoms with Crippen molar-refractivity contribution in [3.63, 3.8) is 0 Å². The molecule has 0 saturated carbocycles. The first kappa shape index (κ1) is 14.6. The Bertz CT molecular complexity index is 789. The first-order valence-corrected chi connectivity index (χ1v) is 7.39. The van der Waals surface area contributed by atoms with Crippen LogP contribution in [0.2, 0.25) is 0 Å². The van der Waals surface area contributed by atoms with E-state index >= 15 is 0 Å². The summed E-state index contributed by atoms with van der Waals surface area (Å²) in [5, 5.41) is 1.11. The summed E-state index contributed by atoms with van der Waals surface area (Å²) in [4.78, 5) is 26.2. The predicted octanol–water partition coefficient (Wildman–Crippen LogP) is 2.06. The molecule has 0 bridgehead atoms. The number of nitrogens with zero attached hydrogens (tertiary/aromatic N) is 2. The van der Waals surface area contributed by atoms with E-state index in [0.29, 0.717) is 12.2 Å². The van der Waals surface area contributed by atoms with E-state index in [2.05, 4.69) is 6.07 Å². The largest absolute Gasteiger partial charge is 0.468 e. The van der Waals surface area contributed by atoms with Crippen LogP contribution in [0.25, 0.3) is 10.9 Å². The summed E-state index contributed by atoms with van der Waals surface area (Å²) in [6.07, 6.45) is 0.812. The molecule has 0 aliphatic carbocycles. The number of aromatic nitrogens is 1. The van der Waals surface area contributed by atoms with Crippen molar-refractivity contribution in [2.75, 3.05) is 20.7 Å². The molecule has 1 aromatic carbocycles. The molecule has 0 fully saturated rings. The van der Waals surface area contributed by atoms with Gasteiger partial charge in [-0.05, 0) is 37.0 Å². The molecule has 3 rings (SSSR count). The maximum absolute atomic E-state index is 12.7. The molecule has 0 spiro atoms. The minimum atomic E-state index is -0.346. The Hall–Kier alpha value is -2.30. The van der Waals surface area contributed by atoms with Gasteiger partial charge < -0.3 is 14.2 Å². The summed E-state index contributed by atoms with van der Waals surface area (Å²) in [5.41, 5.74) is 4.86. The Morgan fingerprint density at radius 3 is 2.64 bits per heavy atom. The first-order chi connectivity index (χ1) is 10.5. The number of carbonyl (C=O) groups excluding carboxylic acids is 2. The summed E-state index contributed by atoms with van der Waals surface area (Å²) < 4.78 is 6.64. The Balaban J connectivity index is 2.38. The average molecular weight is 300 g/mol. The summed E-state index contributed by atoms with van der Waals surface area (Å²) in [6, 6.07) is 4.11. The molecule has 2 aromatic rings. The van der Waals surface area contributed by atoms with Gasteiger partial charge in [-0.25, -0.2) is 0 Å². The highest BCUT2D eigenvalue weighted by Crippen LogP contribution is 2.34. The third-order valence-electron chi connectivity index (χ3n) is 4.48. The summed E-state index contributed by atoms with van der Waals surface area (Å²) in [6.45, 7) is 4.82. The van der Waals surface area contributed by atoms with E-state index in [4.69, 9.17) is 4.74 Å². The van der Waals surface area contributed by atoms with Crippen molar-refractivity contribution in [1.82, 2.24) is 9.47 Å². The number of aryl methyl sites for hydroxylation is 2. The van der Waals surface area contributed by atoms with Crippen LogP contribution in [-0.4, -0.2) is 42.0 Å². The molecule has 0 atom stereocenters. The van der Waals surface area contributed by atoms with Crippen LogP contribution in [0.15, 0.2) is 12.1 Å². The number of esters is 1. The number of likely N-dealkylation sites (N-methyl/N-ethyl adjacent to an activating group) is 1. The molecule has 1 aliphatic rings. The van der Waals surface area contributed by atoms with Gasteiger partial charge in [0, 0.05) is 19.0 Å². The van der Waals surface area contributed by atoms with Gasteiger partial charge >= 0.3 is 5.97 Å². The maximum Gasteiger partial charge on any atom is 0.325 e. The fourth-order valence-electron chi connectivity index (χ4n) is 3.32. The Morgan fingerprint density at radius 2 is 1.95 bits per heavy atom. The monoisotopic (exact) mass is 300 g/mol. The maximum atomic E-state index is 12.7. The SMILES string of the molecule is COC(=O)Cn1c2c(c3c(C)ccc(C)c31)CCN(C)C2=O. The van der Waals surface area contributed by atoms with Crippen molar-refractivity contribution in [2.24, 2.45) is 0 Å². The van der Waals surface area contributed by atoms with E-state index in [1.165, 1.54) is 7.11 Å². The van der Waals surface area contributed by atoms with E-state index in [-0.39, 0.29) is 18.4 Å². The van der Waals surface area contributed by atoms with Gasteiger partial charge in [0.05, 0.1) is 12.6 Å². The smallest absolute Gasteiger partial charge is 0.325 e. The first-order valence-electron chi connectivity index (χ1n) is 7.39. The molecule has 5 heteroatoms. The van der Waals surface area contributed by atoms with Crippen molar-refractivity contribution in [1.29, 1.82) is 0 Å². The minimum absolute atomic E-state index is 0.0276. The zero-order valence-electron chi connectivity index (χ0n) is 13.4. The number of fused-ring (bicyclic) bond motifs is 3. The van der Waals surface area contributed by atoms with E-state index in [0.717, 1.165) is 34.0 Å². The lowest BCUT2D eigenvalue weighted by atomic mass is 9.99. The van der Waals surface area contributed by atoms with E-state index < -0.39 is 0 Å². The summed E-state index contributed by atoms with van der Waals surface area (Å²) >= 11 is 0. The molecule has 22 heavy (non-hydrogen) atoms. The topological polar surface area (TPSA) is 51.5 Å². The molecule has 2 heterocycles. The third-order valence-corrected chi connectivity index (χ3v) is 4.48. The normalized spacial score (nSPS) is 14.4. The molecule has 1 aliphatic heterocycles. The summed E-state index contributed by atoms with van der Waals surface area (Å²) in [7, 11) is 3.16. The third kappa shape index (κ3) is 2.00. The lowest BCUT2D eigenvalue weighted by Gasteiger charge is -2.24. The molecule has 116 valence electrons. The van der Waals surface area contributed by atoms with Gasteiger partial charge in [0.2, 0.25) is 0 Å². The second-order valence-electron chi connectivity index (χ2n) is 5.89. The number of carbonyl (C=O) groups is 2. The van der Waals surface area contributed by atoms with Crippen molar-refractivity contribution in [2.45, 2.75) is 26.8 Å². The van der Waals surface area contributed by atoms with Crippen LogP contribution >= 0.6 is 0 Å². The molecule has 0 N–H and O–H groups in total. The van der Waals surface area contributed by atoms with Crippen LogP contribution in [0.5, 0.6) is 0 Å². The standard InChI is InChI=1S/C17H20N2O3/c1-10-5-6-11(2)15-14(10)12-7-8-18(3)17(21)16(12)19(15)9-13(20)22-4/h5-6H,7-9H2,1-4H3. The van der Waals surface area contributed by atoms with Crippen LogP contribution in [0.1, 0.15) is 27.2 Å². The van der Waals surface area contributed by atoms with E-state index in [9.17, 15) is 9.59 Å². The molecule has 0 unspecified atom stereocenters. The van der Waals surface area contributed by atoms with Gasteiger partial charge in [0.1, 0.15) is 12.2 Å². The van der Waals surface area contributed by atoms with Crippen molar-refractivity contribution in [3.05, 3.63) is 34.5 Å². The van der Waals surface area contributed by atoms with E-state index in [1.54, 1.807) is 11.9 Å². The van der Waals surface area contributed by atoms with Crippen LogP contribution < -0.4 is 0 Å². The number of benzene rings is 1. The van der Waals surface area contributed by atoms with Crippen LogP contribution in [0.3, 0.4) is 0 Å². The van der Waals surface area contributed by atoms with Crippen molar-refractivity contribution >= 4 is 22.8 Å². The van der Waals surface area contributed by atoms with E-state index in [1.807, 2.05) is 24.5 Å². The molecule has 0 saturated heterocycles. The van der Waals surface area contributed by atoms with Gasteiger partial charge in [0.15, 0.2) is 0 Å². The molecule has 0 radical (unpaired) electrons.